The van der Waals surface area contributed by atoms with Crippen molar-refractivity contribution in [3.8, 4) is 0 Å². The van der Waals surface area contributed by atoms with Crippen LogP contribution >= 0.6 is 0 Å². The molecule has 156 valence electrons. The van der Waals surface area contributed by atoms with E-state index in [4.69, 9.17) is 7.48 Å². The smallest absolute Gasteiger partial charge is 0.303 e. The number of hydrogen-bond donors (Lipinski definition) is 0. The van der Waals surface area contributed by atoms with E-state index in [9.17, 15) is 14.4 Å². The van der Waals surface area contributed by atoms with Crippen molar-refractivity contribution in [2.45, 2.75) is 72.3 Å². The Labute approximate surface area is 176 Å². The molecule has 4 rings (SSSR count). The second-order valence-electron chi connectivity index (χ2n) is 9.93. The SMILES string of the molecule is [2H]C1([2H])C[C@@]2(C)C(=CC1=O)C(C)=C[C@@H]1[C@@H]2CC[C@@]2(C)[C@H]1CC(=C)[C@]2(OC(C)=O)C(C)=O. The first-order chi connectivity index (χ1) is 14.2. The van der Waals surface area contributed by atoms with Gasteiger partial charge in [-0.3, -0.25) is 14.4 Å². The number of Topliss-reactive ketones (excluding diaryl/α,β-unsaturated/α-hetero) is 1. The van der Waals surface area contributed by atoms with Crippen LogP contribution in [0.3, 0.4) is 0 Å². The highest BCUT2D eigenvalue weighted by atomic mass is 16.6. The molecule has 4 nitrogen and oxygen atoms in total. The molecule has 6 atom stereocenters. The topological polar surface area (TPSA) is 60.4 Å². The Morgan fingerprint density at radius 2 is 1.93 bits per heavy atom. The Bertz CT molecular complexity index is 976. The fraction of sp³-hybridized carbons (Fsp3) is 0.640. The molecule has 4 heteroatoms. The molecule has 2 saturated carbocycles. The summed E-state index contributed by atoms with van der Waals surface area (Å²) in [4.78, 5) is 37.4. The van der Waals surface area contributed by atoms with Gasteiger partial charge in [0.1, 0.15) is 0 Å². The lowest BCUT2D eigenvalue weighted by Gasteiger charge is -2.57. The van der Waals surface area contributed by atoms with Crippen molar-refractivity contribution in [1.29, 1.82) is 0 Å². The van der Waals surface area contributed by atoms with E-state index in [1.165, 1.54) is 19.9 Å². The Balaban J connectivity index is 1.85. The van der Waals surface area contributed by atoms with Crippen LogP contribution in [0.15, 0.2) is 35.5 Å². The normalized spacial score (nSPS) is 46.3. The molecule has 0 heterocycles. The molecule has 29 heavy (non-hydrogen) atoms. The zero-order valence-electron chi connectivity index (χ0n) is 20.1. The van der Waals surface area contributed by atoms with Crippen LogP contribution < -0.4 is 0 Å². The first kappa shape index (κ1) is 17.9. The third-order valence-corrected chi connectivity index (χ3v) is 8.49. The average Bonchev–Trinajstić information content (AvgIpc) is 2.85. The molecule has 0 aliphatic heterocycles. The number of fused-ring (bicyclic) bond motifs is 5. The molecule has 2 fully saturated rings. The predicted molar refractivity (Wildman–Crippen MR) is 111 cm³/mol. The largest absolute Gasteiger partial charge is 0.446 e. The standard InChI is InChI=1S/C25H32O4/c1-14-11-19-20(23(5)9-7-18(28)13-21(14)23)8-10-24(6)22(19)12-15(2)25(24,16(3)26)29-17(4)27/h11,13,19-20,22H,2,7-10,12H2,1,3-6H3/t19-,20+,22+,23-,24+,25+/m1/s1/i7D2. The minimum atomic E-state index is -1.87. The van der Waals surface area contributed by atoms with Gasteiger partial charge in [0.05, 0.1) is 0 Å². The van der Waals surface area contributed by atoms with Gasteiger partial charge in [0.25, 0.3) is 0 Å². The molecule has 0 bridgehead atoms. The van der Waals surface area contributed by atoms with Gasteiger partial charge in [-0.1, -0.05) is 32.1 Å². The number of carbonyl (C=O) groups is 3. The number of ketones is 2. The molecule has 0 aromatic heterocycles. The highest BCUT2D eigenvalue weighted by Crippen LogP contribution is 2.68. The van der Waals surface area contributed by atoms with Crippen LogP contribution in [-0.4, -0.2) is 23.1 Å². The molecule has 0 radical (unpaired) electrons. The maximum atomic E-state index is 13.0. The molecule has 0 aromatic carbocycles. The maximum Gasteiger partial charge on any atom is 0.303 e. The average molecular weight is 399 g/mol. The highest BCUT2D eigenvalue weighted by Gasteiger charge is 2.69. The maximum absolute atomic E-state index is 13.0. The molecule has 4 aliphatic rings. The van der Waals surface area contributed by atoms with Gasteiger partial charge in [-0.05, 0) is 79.9 Å². The van der Waals surface area contributed by atoms with E-state index >= 15 is 0 Å². The number of esters is 1. The van der Waals surface area contributed by atoms with E-state index < -0.39 is 34.6 Å². The van der Waals surface area contributed by atoms with Crippen molar-refractivity contribution in [3.63, 3.8) is 0 Å². The van der Waals surface area contributed by atoms with Crippen molar-refractivity contribution >= 4 is 17.5 Å². The van der Waals surface area contributed by atoms with Crippen molar-refractivity contribution < 1.29 is 21.9 Å². The van der Waals surface area contributed by atoms with Crippen LogP contribution in [0.4, 0.5) is 0 Å². The summed E-state index contributed by atoms with van der Waals surface area (Å²) >= 11 is 0. The third-order valence-electron chi connectivity index (χ3n) is 8.49. The summed E-state index contributed by atoms with van der Waals surface area (Å²) in [6.07, 6.45) is 4.07. The summed E-state index contributed by atoms with van der Waals surface area (Å²) in [5.74, 6) is -0.814. The second-order valence-corrected chi connectivity index (χ2v) is 9.93. The third kappa shape index (κ3) is 2.47. The number of carbonyl (C=O) groups excluding carboxylic acids is 3. The van der Waals surface area contributed by atoms with Crippen LogP contribution in [0, 0.1) is 28.6 Å². The van der Waals surface area contributed by atoms with Gasteiger partial charge in [0, 0.05) is 21.5 Å². The Morgan fingerprint density at radius 1 is 1.24 bits per heavy atom. The van der Waals surface area contributed by atoms with Crippen LogP contribution in [0.5, 0.6) is 0 Å². The molecule has 0 aromatic rings. The lowest BCUT2D eigenvalue weighted by atomic mass is 9.47. The van der Waals surface area contributed by atoms with Gasteiger partial charge in [0.2, 0.25) is 0 Å². The number of rotatable bonds is 2. The Morgan fingerprint density at radius 3 is 2.55 bits per heavy atom. The van der Waals surface area contributed by atoms with Gasteiger partial charge < -0.3 is 4.74 Å². The molecule has 0 N–H and O–H groups in total. The second kappa shape index (κ2) is 6.26. The number of ether oxygens (including phenoxy) is 1. The van der Waals surface area contributed by atoms with E-state index in [2.05, 4.69) is 26.5 Å². The Kier molecular flexibility index (Phi) is 3.86. The van der Waals surface area contributed by atoms with Crippen molar-refractivity contribution in [3.05, 3.63) is 35.5 Å². The molecule has 0 saturated heterocycles. The molecule has 0 spiro atoms. The van der Waals surface area contributed by atoms with E-state index in [0.29, 0.717) is 18.4 Å². The summed E-state index contributed by atoms with van der Waals surface area (Å²) < 4.78 is 22.4. The van der Waals surface area contributed by atoms with Crippen molar-refractivity contribution in [2.75, 3.05) is 0 Å². The first-order valence-corrected chi connectivity index (χ1v) is 10.5. The minimum Gasteiger partial charge on any atom is -0.446 e. The Hall–Kier alpha value is -1.97. The molecular weight excluding hydrogens is 364 g/mol. The summed E-state index contributed by atoms with van der Waals surface area (Å²) in [6.45, 7) is 13.2. The van der Waals surface area contributed by atoms with Gasteiger partial charge in [0.15, 0.2) is 17.2 Å². The lowest BCUT2D eigenvalue weighted by Crippen LogP contribution is -2.58. The van der Waals surface area contributed by atoms with Crippen LogP contribution in [-0.2, 0) is 19.1 Å². The predicted octanol–water partition coefficient (Wildman–Crippen LogP) is 4.74. The fourth-order valence-corrected chi connectivity index (χ4v) is 7.24. The van der Waals surface area contributed by atoms with E-state index in [1.807, 2.05) is 6.92 Å². The first-order valence-electron chi connectivity index (χ1n) is 11.5. The summed E-state index contributed by atoms with van der Waals surface area (Å²) in [5.41, 5.74) is 0.287. The lowest BCUT2D eigenvalue weighted by molar-refractivity contribution is -0.179. The van der Waals surface area contributed by atoms with Crippen molar-refractivity contribution in [1.82, 2.24) is 0 Å². The van der Waals surface area contributed by atoms with E-state index in [-0.39, 0.29) is 30.0 Å². The molecule has 4 aliphatic carbocycles. The fourth-order valence-electron chi connectivity index (χ4n) is 7.24. The highest BCUT2D eigenvalue weighted by molar-refractivity contribution is 5.93. The van der Waals surface area contributed by atoms with Gasteiger partial charge in [-0.2, -0.15) is 0 Å². The summed E-state index contributed by atoms with van der Waals surface area (Å²) in [6, 6.07) is 0. The molecule has 0 unspecified atom stereocenters. The summed E-state index contributed by atoms with van der Waals surface area (Å²) in [5, 5.41) is 0. The monoisotopic (exact) mass is 398 g/mol. The quantitative estimate of drug-likeness (QED) is 0.498. The van der Waals surface area contributed by atoms with E-state index in [1.54, 1.807) is 0 Å². The van der Waals surface area contributed by atoms with Gasteiger partial charge in [-0.15, -0.1) is 0 Å². The number of allylic oxidation sites excluding steroid dienone is 4. The van der Waals surface area contributed by atoms with Crippen LogP contribution in [0.2, 0.25) is 0 Å². The summed E-state index contributed by atoms with van der Waals surface area (Å²) in [7, 11) is 0. The van der Waals surface area contributed by atoms with Crippen molar-refractivity contribution in [2.24, 2.45) is 28.6 Å². The van der Waals surface area contributed by atoms with Crippen LogP contribution in [0.1, 0.15) is 69.4 Å². The zero-order valence-corrected chi connectivity index (χ0v) is 18.1. The van der Waals surface area contributed by atoms with E-state index in [0.717, 1.165) is 17.6 Å². The van der Waals surface area contributed by atoms with Gasteiger partial charge >= 0.3 is 5.97 Å². The molecular formula is C25H32O4. The minimum absolute atomic E-state index is 0.0545. The van der Waals surface area contributed by atoms with Crippen LogP contribution in [0.25, 0.3) is 0 Å². The molecule has 0 amide bonds. The zero-order chi connectivity index (χ0) is 23.1. The number of hydrogen-bond acceptors (Lipinski definition) is 4. The van der Waals surface area contributed by atoms with Gasteiger partial charge in [-0.25, -0.2) is 0 Å².